The zero-order valence-corrected chi connectivity index (χ0v) is 31.2. The van der Waals surface area contributed by atoms with Crippen LogP contribution in [0.5, 0.6) is 5.75 Å². The van der Waals surface area contributed by atoms with Gasteiger partial charge in [0, 0.05) is 61.8 Å². The number of ether oxygens (including phenoxy) is 2. The number of fused-ring (bicyclic) bond motifs is 3. The van der Waals surface area contributed by atoms with Crippen molar-refractivity contribution in [3.05, 3.63) is 102 Å². The molecule has 15 heteroatoms. The molecule has 5 heterocycles. The number of nitrogens with one attached hydrogen (secondary N) is 1. The van der Waals surface area contributed by atoms with Gasteiger partial charge in [-0.25, -0.2) is 0 Å². The van der Waals surface area contributed by atoms with E-state index in [0.29, 0.717) is 42.5 Å². The van der Waals surface area contributed by atoms with Gasteiger partial charge in [-0.05, 0) is 44.9 Å². The highest BCUT2D eigenvalue weighted by molar-refractivity contribution is 5.89. The first-order valence-corrected chi connectivity index (χ1v) is 18.9. The number of carbonyl (C=O) groups excluding carboxylic acids is 2. The summed E-state index contributed by atoms with van der Waals surface area (Å²) in [7, 11) is 0. The Balaban J connectivity index is 1.02. The van der Waals surface area contributed by atoms with Gasteiger partial charge >= 0.3 is 6.18 Å². The monoisotopic (exact) mass is 774 g/mol. The Kier molecular flexibility index (Phi) is 10.1. The molecule has 56 heavy (non-hydrogen) atoms. The van der Waals surface area contributed by atoms with E-state index in [9.17, 15) is 23.1 Å². The predicted octanol–water partition coefficient (Wildman–Crippen LogP) is 4.92. The highest BCUT2D eigenvalue weighted by Crippen LogP contribution is 2.64. The molecule has 1 saturated carbocycles. The fourth-order valence-corrected chi connectivity index (χ4v) is 8.82. The number of alkyl halides is 3. The molecule has 2 saturated heterocycles. The van der Waals surface area contributed by atoms with Crippen LogP contribution in [0, 0.1) is 5.41 Å². The van der Waals surface area contributed by atoms with Gasteiger partial charge in [0.25, 0.3) is 0 Å². The van der Waals surface area contributed by atoms with Crippen molar-refractivity contribution in [3.63, 3.8) is 0 Å². The van der Waals surface area contributed by atoms with Crippen LogP contribution in [-0.4, -0.2) is 111 Å². The average molecular weight is 775 g/mol. The normalized spacial score (nSPS) is 26.5. The smallest absolute Gasteiger partial charge is 0.405 e. The van der Waals surface area contributed by atoms with Crippen molar-refractivity contribution >= 4 is 11.8 Å². The Morgan fingerprint density at radius 1 is 1.04 bits per heavy atom. The summed E-state index contributed by atoms with van der Waals surface area (Å²) < 4.78 is 58.3. The molecule has 1 aliphatic carbocycles. The summed E-state index contributed by atoms with van der Waals surface area (Å²) in [5.74, 6) is 0.684. The molecule has 3 aliphatic heterocycles. The zero-order valence-electron chi connectivity index (χ0n) is 31.2. The fourth-order valence-electron chi connectivity index (χ4n) is 8.82. The fraction of sp³-hybridized carbons (Fsp3) is 0.463. The molecular formula is C41H45F3N6O6. The number of nitrogens with zero attached hydrogens (tertiary/aromatic N) is 5. The third-order valence-electron chi connectivity index (χ3n) is 11.4. The first kappa shape index (κ1) is 38.1. The molecule has 4 aromatic rings. The lowest BCUT2D eigenvalue weighted by molar-refractivity contribution is -0.155. The summed E-state index contributed by atoms with van der Waals surface area (Å²) >= 11 is 0. The van der Waals surface area contributed by atoms with E-state index in [1.54, 1.807) is 28.4 Å². The molecule has 296 valence electrons. The number of benzene rings is 2. The largest absolute Gasteiger partial charge is 0.490 e. The van der Waals surface area contributed by atoms with Crippen LogP contribution in [0.15, 0.2) is 89.7 Å². The lowest BCUT2D eigenvalue weighted by Crippen LogP contribution is -2.60. The van der Waals surface area contributed by atoms with Gasteiger partial charge in [0.2, 0.25) is 11.8 Å². The molecule has 3 fully saturated rings. The first-order valence-electron chi connectivity index (χ1n) is 18.9. The van der Waals surface area contributed by atoms with Gasteiger partial charge in [0.1, 0.15) is 48.3 Å². The number of amides is 2. The van der Waals surface area contributed by atoms with Crippen LogP contribution in [0.1, 0.15) is 55.7 Å². The maximum Gasteiger partial charge on any atom is 0.405 e. The molecule has 4 aliphatic rings. The number of β-amino-alcohol motifs (C(OH)–C–C–N with tert-alkyl or cyclic N) is 1. The second kappa shape index (κ2) is 14.9. The molecule has 2 aromatic heterocycles. The third-order valence-corrected chi connectivity index (χ3v) is 11.4. The number of rotatable bonds is 11. The van der Waals surface area contributed by atoms with Crippen LogP contribution in [0.3, 0.4) is 0 Å². The standard InChI is InChI=1S/C41H45F3N6O6/c1-39(2)50(36-29-10-6-7-11-34(29)54-24-35(36)56-39)38(53)40(19-30(40)31-20-45-14-15-46-31)18-27(51)21-49-17-16-48(23-32(49)37(52)47-25-41(42,43)44)22-28-12-13-33(55-28)26-8-4-3-5-9-26/h3-15,20,27,30,32,35-36,51H,16-19,21-25H2,1-2H3,(H,47,52)/t27-,30-,32-,35+,36-,40?/m0/s1. The Hall–Kier alpha value is -4.83. The Bertz CT molecular complexity index is 2030. The number of furan rings is 1. The quantitative estimate of drug-likeness (QED) is 0.216. The van der Waals surface area contributed by atoms with Crippen LogP contribution >= 0.6 is 0 Å². The zero-order chi connectivity index (χ0) is 39.2. The van der Waals surface area contributed by atoms with Crippen molar-refractivity contribution in [2.24, 2.45) is 5.41 Å². The minimum absolute atomic E-state index is 0.0287. The minimum Gasteiger partial charge on any atom is -0.490 e. The summed E-state index contributed by atoms with van der Waals surface area (Å²) in [5, 5.41) is 13.9. The average Bonchev–Trinajstić information content (AvgIpc) is 3.58. The van der Waals surface area contributed by atoms with E-state index in [0.717, 1.165) is 11.1 Å². The van der Waals surface area contributed by atoms with Crippen molar-refractivity contribution in [1.82, 2.24) is 30.0 Å². The maximum absolute atomic E-state index is 15.1. The van der Waals surface area contributed by atoms with Gasteiger partial charge in [0.05, 0.1) is 29.8 Å². The molecular weight excluding hydrogens is 729 g/mol. The van der Waals surface area contributed by atoms with Gasteiger partial charge in [-0.15, -0.1) is 0 Å². The molecule has 2 amide bonds. The van der Waals surface area contributed by atoms with E-state index >= 15 is 4.79 Å². The number of aliphatic hydroxyl groups excluding tert-OH is 1. The van der Waals surface area contributed by atoms with Crippen LogP contribution in [0.25, 0.3) is 11.3 Å². The third kappa shape index (κ3) is 7.64. The van der Waals surface area contributed by atoms with E-state index in [1.807, 2.05) is 85.5 Å². The molecule has 12 nitrogen and oxygen atoms in total. The van der Waals surface area contributed by atoms with Crippen LogP contribution in [0.4, 0.5) is 13.2 Å². The summed E-state index contributed by atoms with van der Waals surface area (Å²) in [6, 6.07) is 19.5. The van der Waals surface area contributed by atoms with Gasteiger partial charge in [0.15, 0.2) is 0 Å². The number of hydrogen-bond donors (Lipinski definition) is 2. The van der Waals surface area contributed by atoms with Crippen molar-refractivity contribution in [2.45, 2.75) is 75.3 Å². The number of halogens is 3. The predicted molar refractivity (Wildman–Crippen MR) is 197 cm³/mol. The first-order chi connectivity index (χ1) is 26.8. The molecule has 6 atom stereocenters. The van der Waals surface area contributed by atoms with E-state index in [-0.39, 0.29) is 44.5 Å². The lowest BCUT2D eigenvalue weighted by Gasteiger charge is -2.42. The second-order valence-corrected chi connectivity index (χ2v) is 15.7. The number of aromatic nitrogens is 2. The van der Waals surface area contributed by atoms with Crippen molar-refractivity contribution < 1.29 is 41.8 Å². The molecule has 0 bridgehead atoms. The molecule has 0 radical (unpaired) electrons. The molecule has 2 aromatic carbocycles. The Morgan fingerprint density at radius 3 is 2.59 bits per heavy atom. The Morgan fingerprint density at radius 2 is 1.82 bits per heavy atom. The Labute approximate surface area is 322 Å². The van der Waals surface area contributed by atoms with E-state index < -0.39 is 54.1 Å². The van der Waals surface area contributed by atoms with Gasteiger partial charge in [-0.2, -0.15) is 13.2 Å². The molecule has 1 unspecified atom stereocenters. The van der Waals surface area contributed by atoms with E-state index in [4.69, 9.17) is 13.9 Å². The van der Waals surface area contributed by atoms with Crippen LogP contribution in [0.2, 0.25) is 0 Å². The summed E-state index contributed by atoms with van der Waals surface area (Å²) in [6.45, 7) is 3.66. The van der Waals surface area contributed by atoms with E-state index in [2.05, 4.69) is 15.3 Å². The summed E-state index contributed by atoms with van der Waals surface area (Å²) in [5.41, 5.74) is 0.291. The van der Waals surface area contributed by atoms with Crippen molar-refractivity contribution in [3.8, 4) is 17.1 Å². The van der Waals surface area contributed by atoms with Crippen molar-refractivity contribution in [2.75, 3.05) is 39.3 Å². The lowest BCUT2D eigenvalue weighted by atomic mass is 9.89. The topological polar surface area (TPSA) is 134 Å². The number of aliphatic hydroxyl groups is 1. The van der Waals surface area contributed by atoms with Gasteiger partial charge in [-0.3, -0.25) is 29.4 Å². The van der Waals surface area contributed by atoms with Gasteiger partial charge < -0.3 is 29.2 Å². The number of carbonyl (C=O) groups is 2. The highest BCUT2D eigenvalue weighted by Gasteiger charge is 2.67. The minimum atomic E-state index is -4.60. The number of hydrogen-bond acceptors (Lipinski definition) is 10. The highest BCUT2D eigenvalue weighted by atomic mass is 19.4. The van der Waals surface area contributed by atoms with Crippen LogP contribution < -0.4 is 10.1 Å². The summed E-state index contributed by atoms with van der Waals surface area (Å²) in [6.07, 6.45) is -0.925. The number of para-hydroxylation sites is 1. The number of piperazine rings is 1. The molecule has 2 N–H and O–H groups in total. The van der Waals surface area contributed by atoms with Gasteiger partial charge in [-0.1, -0.05) is 48.5 Å². The molecule has 0 spiro atoms. The summed E-state index contributed by atoms with van der Waals surface area (Å²) in [4.78, 5) is 42.8. The maximum atomic E-state index is 15.1. The van der Waals surface area contributed by atoms with Crippen molar-refractivity contribution in [1.29, 1.82) is 0 Å². The molecule has 8 rings (SSSR count). The SMILES string of the molecule is CC1(C)O[C@@H]2COc3ccccc3[C@@H]2N1C(=O)C1(C[C@H](O)CN2CCN(Cc3ccc(-c4ccccc4)o3)C[C@H]2C(=O)NCC(F)(F)F)C[C@H]1c1cnccn1. The second-order valence-electron chi connectivity index (χ2n) is 15.7. The van der Waals surface area contributed by atoms with Crippen LogP contribution in [-0.2, 0) is 20.9 Å². The van der Waals surface area contributed by atoms with E-state index in [1.165, 1.54) is 0 Å².